The largest absolute Gasteiger partial charge is 0.417 e. The summed E-state index contributed by atoms with van der Waals surface area (Å²) in [5.74, 6) is -0.447. The lowest BCUT2D eigenvalue weighted by Gasteiger charge is -2.06. The molecule has 0 spiro atoms. The molecule has 0 aliphatic heterocycles. The number of benzene rings is 1. The second kappa shape index (κ2) is 5.45. The number of nitrogens with one attached hydrogen (secondary N) is 1. The molecule has 4 nitrogen and oxygen atoms in total. The molecule has 0 atom stereocenters. The number of alkyl halides is 3. The molecule has 0 radical (unpaired) electrons. The summed E-state index contributed by atoms with van der Waals surface area (Å²) >= 11 is 1.02. The number of fused-ring (bicyclic) bond motifs is 1. The Hall–Kier alpha value is -2.35. The molecule has 114 valence electrons. The van der Waals surface area contributed by atoms with Gasteiger partial charge in [-0.25, -0.2) is 0 Å². The molecular formula is C14H9F3N2O2S. The van der Waals surface area contributed by atoms with Crippen molar-refractivity contribution in [3.8, 4) is 0 Å². The van der Waals surface area contributed by atoms with E-state index in [1.54, 1.807) is 12.1 Å². The van der Waals surface area contributed by atoms with Crippen LogP contribution in [0.4, 0.5) is 13.2 Å². The van der Waals surface area contributed by atoms with Crippen LogP contribution < -0.4 is 5.32 Å². The molecule has 22 heavy (non-hydrogen) atoms. The molecule has 0 bridgehead atoms. The minimum absolute atomic E-state index is 0.0339. The van der Waals surface area contributed by atoms with E-state index < -0.39 is 17.6 Å². The smallest absolute Gasteiger partial charge is 0.364 e. The molecule has 0 saturated carbocycles. The maximum atomic E-state index is 12.9. The highest BCUT2D eigenvalue weighted by molar-refractivity contribution is 7.20. The van der Waals surface area contributed by atoms with E-state index in [9.17, 15) is 18.0 Å². The number of rotatable bonds is 3. The Morgan fingerprint density at radius 2 is 2.14 bits per heavy atom. The zero-order chi connectivity index (χ0) is 15.7. The van der Waals surface area contributed by atoms with Crippen molar-refractivity contribution in [3.05, 3.63) is 52.7 Å². The monoisotopic (exact) mass is 326 g/mol. The van der Waals surface area contributed by atoms with Crippen molar-refractivity contribution in [1.29, 1.82) is 0 Å². The third kappa shape index (κ3) is 2.82. The lowest BCUT2D eigenvalue weighted by atomic mass is 10.1. The second-order valence-corrected chi connectivity index (χ2v) is 5.58. The van der Waals surface area contributed by atoms with Gasteiger partial charge in [0.05, 0.1) is 17.0 Å². The zero-order valence-corrected chi connectivity index (χ0v) is 11.8. The van der Waals surface area contributed by atoms with Gasteiger partial charge in [-0.2, -0.15) is 13.2 Å². The van der Waals surface area contributed by atoms with E-state index >= 15 is 0 Å². The fourth-order valence-corrected chi connectivity index (χ4v) is 3.01. The van der Waals surface area contributed by atoms with Gasteiger partial charge in [0, 0.05) is 16.2 Å². The first-order valence-electron chi connectivity index (χ1n) is 6.22. The number of aromatic nitrogens is 1. The minimum Gasteiger partial charge on any atom is -0.364 e. The molecule has 0 unspecified atom stereocenters. The molecule has 3 aromatic rings. The van der Waals surface area contributed by atoms with Gasteiger partial charge in [-0.1, -0.05) is 11.2 Å². The molecular weight excluding hydrogens is 317 g/mol. The number of hydrogen-bond donors (Lipinski definition) is 1. The van der Waals surface area contributed by atoms with E-state index in [0.29, 0.717) is 10.4 Å². The van der Waals surface area contributed by atoms with Crippen LogP contribution in [0, 0.1) is 0 Å². The summed E-state index contributed by atoms with van der Waals surface area (Å²) in [6.45, 7) is 0.149. The van der Waals surface area contributed by atoms with Crippen molar-refractivity contribution in [3.63, 3.8) is 0 Å². The Kier molecular flexibility index (Phi) is 3.61. The maximum absolute atomic E-state index is 12.9. The Morgan fingerprint density at radius 1 is 1.32 bits per heavy atom. The number of amides is 1. The Bertz CT molecular complexity index is 809. The first-order valence-corrected chi connectivity index (χ1v) is 7.04. The summed E-state index contributed by atoms with van der Waals surface area (Å²) in [5, 5.41) is 6.26. The van der Waals surface area contributed by atoms with E-state index in [1.807, 2.05) is 0 Å². The van der Waals surface area contributed by atoms with Gasteiger partial charge in [0.2, 0.25) is 0 Å². The van der Waals surface area contributed by atoms with E-state index in [-0.39, 0.29) is 16.8 Å². The van der Waals surface area contributed by atoms with Crippen LogP contribution in [0.1, 0.15) is 20.9 Å². The number of halogens is 3. The molecule has 3 rings (SSSR count). The average molecular weight is 326 g/mol. The standard InChI is InChI=1S/C14H9F3N2O2S/c15-14(16,17)10-2-1-3-11-9(10)6-12(22-11)13(20)18-7-8-4-5-21-19-8/h1-6H,7H2,(H,18,20). The molecule has 0 aliphatic rings. The van der Waals surface area contributed by atoms with Crippen LogP contribution in [0.3, 0.4) is 0 Å². The second-order valence-electron chi connectivity index (χ2n) is 4.50. The van der Waals surface area contributed by atoms with Crippen molar-refractivity contribution in [2.24, 2.45) is 0 Å². The molecule has 1 N–H and O–H groups in total. The number of carbonyl (C=O) groups excluding carboxylic acids is 1. The predicted octanol–water partition coefficient (Wildman–Crippen LogP) is 3.84. The number of hydrogen-bond acceptors (Lipinski definition) is 4. The third-order valence-corrected chi connectivity index (χ3v) is 4.11. The molecule has 0 aliphatic carbocycles. The van der Waals surface area contributed by atoms with Gasteiger partial charge in [0.25, 0.3) is 5.91 Å². The van der Waals surface area contributed by atoms with E-state index in [1.165, 1.54) is 18.4 Å². The summed E-state index contributed by atoms with van der Waals surface area (Å²) in [6.07, 6.45) is -3.08. The van der Waals surface area contributed by atoms with Crippen LogP contribution in [0.15, 0.2) is 41.1 Å². The average Bonchev–Trinajstić information content (AvgIpc) is 3.12. The van der Waals surface area contributed by atoms with Crippen LogP contribution >= 0.6 is 11.3 Å². The molecule has 2 heterocycles. The molecule has 1 amide bonds. The SMILES string of the molecule is O=C(NCc1ccon1)c1cc2c(C(F)(F)F)cccc2s1. The maximum Gasteiger partial charge on any atom is 0.417 e. The topological polar surface area (TPSA) is 55.1 Å². The van der Waals surface area contributed by atoms with Crippen molar-refractivity contribution in [2.75, 3.05) is 0 Å². The normalized spacial score (nSPS) is 11.8. The summed E-state index contributed by atoms with van der Waals surface area (Å²) in [7, 11) is 0. The Labute approximate surface area is 126 Å². The Morgan fingerprint density at radius 3 is 2.82 bits per heavy atom. The molecule has 0 saturated heterocycles. The van der Waals surface area contributed by atoms with Gasteiger partial charge >= 0.3 is 6.18 Å². The van der Waals surface area contributed by atoms with Gasteiger partial charge in [-0.15, -0.1) is 11.3 Å². The molecule has 1 aromatic carbocycles. The number of nitrogens with zero attached hydrogens (tertiary/aromatic N) is 1. The minimum atomic E-state index is -4.45. The van der Waals surface area contributed by atoms with Crippen LogP contribution in [0.5, 0.6) is 0 Å². The highest BCUT2D eigenvalue weighted by atomic mass is 32.1. The lowest BCUT2D eigenvalue weighted by Crippen LogP contribution is -2.21. The van der Waals surface area contributed by atoms with Gasteiger partial charge in [0.1, 0.15) is 12.0 Å². The first-order chi connectivity index (χ1) is 10.4. The summed E-state index contributed by atoms with van der Waals surface area (Å²) in [4.78, 5) is 12.2. The van der Waals surface area contributed by atoms with Crippen molar-refractivity contribution < 1.29 is 22.5 Å². The summed E-state index contributed by atoms with van der Waals surface area (Å²) in [5.41, 5.74) is -0.206. The molecule has 2 aromatic heterocycles. The van der Waals surface area contributed by atoms with Gasteiger partial charge in [-0.3, -0.25) is 4.79 Å². The van der Waals surface area contributed by atoms with Crippen LogP contribution in [0.2, 0.25) is 0 Å². The summed E-state index contributed by atoms with van der Waals surface area (Å²) < 4.78 is 43.9. The van der Waals surface area contributed by atoms with E-state index in [2.05, 4.69) is 15.0 Å². The van der Waals surface area contributed by atoms with Crippen molar-refractivity contribution >= 4 is 27.3 Å². The zero-order valence-electron chi connectivity index (χ0n) is 11.0. The predicted molar refractivity (Wildman–Crippen MR) is 74.5 cm³/mol. The fourth-order valence-electron chi connectivity index (χ4n) is 2.01. The fraction of sp³-hybridized carbons (Fsp3) is 0.143. The van der Waals surface area contributed by atoms with Gasteiger partial charge in [-0.05, 0) is 18.2 Å². The van der Waals surface area contributed by atoms with E-state index in [0.717, 1.165) is 17.4 Å². The molecule has 0 fully saturated rings. The van der Waals surface area contributed by atoms with Crippen molar-refractivity contribution in [2.45, 2.75) is 12.7 Å². The van der Waals surface area contributed by atoms with Crippen LogP contribution in [0.25, 0.3) is 10.1 Å². The number of carbonyl (C=O) groups is 1. The third-order valence-electron chi connectivity index (χ3n) is 3.01. The Balaban J connectivity index is 1.87. The highest BCUT2D eigenvalue weighted by Gasteiger charge is 2.33. The van der Waals surface area contributed by atoms with Gasteiger partial charge < -0.3 is 9.84 Å². The first kappa shape index (κ1) is 14.6. The highest BCUT2D eigenvalue weighted by Crippen LogP contribution is 2.37. The number of thiophene rings is 1. The molecule has 8 heteroatoms. The van der Waals surface area contributed by atoms with Crippen LogP contribution in [-0.4, -0.2) is 11.1 Å². The van der Waals surface area contributed by atoms with Crippen LogP contribution in [-0.2, 0) is 12.7 Å². The quantitative estimate of drug-likeness (QED) is 0.795. The summed E-state index contributed by atoms with van der Waals surface area (Å²) in [6, 6.07) is 6.75. The lowest BCUT2D eigenvalue weighted by molar-refractivity contribution is -0.136. The van der Waals surface area contributed by atoms with Gasteiger partial charge in [0.15, 0.2) is 0 Å². The van der Waals surface area contributed by atoms with E-state index in [4.69, 9.17) is 0 Å². The van der Waals surface area contributed by atoms with Crippen molar-refractivity contribution in [1.82, 2.24) is 10.5 Å².